The first kappa shape index (κ1) is 18.0. The van der Waals surface area contributed by atoms with E-state index in [1.807, 2.05) is 0 Å². The van der Waals surface area contributed by atoms with Crippen LogP contribution in [-0.2, 0) is 9.53 Å². The molecular weight excluding hydrogens is 365 g/mol. The van der Waals surface area contributed by atoms with Gasteiger partial charge in [-0.05, 0) is 24.1 Å². The van der Waals surface area contributed by atoms with Gasteiger partial charge in [0.25, 0.3) is 5.91 Å². The molecule has 0 aliphatic carbocycles. The maximum Gasteiger partial charge on any atom is 0.322 e. The Kier molecular flexibility index (Phi) is 5.22. The van der Waals surface area contributed by atoms with Crippen LogP contribution in [0, 0.1) is 0 Å². The second kappa shape index (κ2) is 7.23. The van der Waals surface area contributed by atoms with Gasteiger partial charge in [-0.1, -0.05) is 29.3 Å². The molecule has 134 valence electrons. The fraction of sp³-hybridized carbons (Fsp3) is 0.412. The van der Waals surface area contributed by atoms with E-state index in [-0.39, 0.29) is 11.9 Å². The molecule has 8 heteroatoms. The predicted molar refractivity (Wildman–Crippen MR) is 95.6 cm³/mol. The summed E-state index contributed by atoms with van der Waals surface area (Å²) >= 11 is 12.3. The summed E-state index contributed by atoms with van der Waals surface area (Å²) in [5.41, 5.74) is 1.93. The minimum Gasteiger partial charge on any atom is -0.385 e. The number of carbonyl (C=O) groups is 2. The molecule has 0 saturated heterocycles. The lowest BCUT2D eigenvalue weighted by molar-refractivity contribution is -0.125. The molecule has 1 N–H and O–H groups in total. The van der Waals surface area contributed by atoms with Gasteiger partial charge in [0.15, 0.2) is 0 Å². The molecule has 0 saturated carbocycles. The van der Waals surface area contributed by atoms with Crippen molar-refractivity contribution in [2.45, 2.75) is 12.5 Å². The van der Waals surface area contributed by atoms with Gasteiger partial charge in [0, 0.05) is 37.4 Å². The second-order valence-corrected chi connectivity index (χ2v) is 6.88. The summed E-state index contributed by atoms with van der Waals surface area (Å²) in [4.78, 5) is 28.5. The Labute approximate surface area is 156 Å². The van der Waals surface area contributed by atoms with E-state index in [1.54, 1.807) is 37.3 Å². The van der Waals surface area contributed by atoms with E-state index < -0.39 is 6.04 Å². The lowest BCUT2D eigenvalue weighted by atomic mass is 9.95. The molecule has 0 aromatic heterocycles. The fourth-order valence-electron chi connectivity index (χ4n) is 3.17. The molecule has 2 heterocycles. The third-order valence-corrected chi connectivity index (χ3v) is 5.05. The minimum atomic E-state index is -0.580. The highest BCUT2D eigenvalue weighted by molar-refractivity contribution is 6.35. The third kappa shape index (κ3) is 3.34. The van der Waals surface area contributed by atoms with Gasteiger partial charge in [-0.3, -0.25) is 9.69 Å². The number of amides is 3. The van der Waals surface area contributed by atoms with Crippen LogP contribution in [-0.4, -0.2) is 55.6 Å². The van der Waals surface area contributed by atoms with Crippen LogP contribution in [0.2, 0.25) is 10.0 Å². The van der Waals surface area contributed by atoms with Gasteiger partial charge in [-0.2, -0.15) is 0 Å². The molecular formula is C17H19Cl2N3O3. The molecule has 0 spiro atoms. The largest absolute Gasteiger partial charge is 0.385 e. The molecule has 25 heavy (non-hydrogen) atoms. The van der Waals surface area contributed by atoms with E-state index in [1.165, 1.54) is 4.90 Å². The van der Waals surface area contributed by atoms with Crippen LogP contribution in [0.15, 0.2) is 29.5 Å². The number of hydrogen-bond donors (Lipinski definition) is 1. The molecule has 2 aliphatic heterocycles. The summed E-state index contributed by atoms with van der Waals surface area (Å²) in [5.74, 6) is -0.0889. The molecule has 3 amide bonds. The maximum absolute atomic E-state index is 12.9. The number of methoxy groups -OCH3 is 1. The van der Waals surface area contributed by atoms with Gasteiger partial charge in [0.2, 0.25) is 0 Å². The van der Waals surface area contributed by atoms with Crippen molar-refractivity contribution in [3.05, 3.63) is 45.1 Å². The maximum atomic E-state index is 12.9. The topological polar surface area (TPSA) is 61.9 Å². The minimum absolute atomic E-state index is 0.0889. The molecule has 1 aromatic carbocycles. The average molecular weight is 384 g/mol. The SMILES string of the molecule is COCCCN1CC2=C(C1=O)[C@H](c1ccc(Cl)cc1Cl)NC(=O)N2C. The van der Waals surface area contributed by atoms with Gasteiger partial charge < -0.3 is 15.0 Å². The summed E-state index contributed by atoms with van der Waals surface area (Å²) in [5, 5.41) is 3.78. The highest BCUT2D eigenvalue weighted by Gasteiger charge is 2.43. The molecule has 1 atom stereocenters. The van der Waals surface area contributed by atoms with E-state index in [2.05, 4.69) is 5.32 Å². The number of nitrogens with zero attached hydrogens (tertiary/aromatic N) is 2. The zero-order valence-electron chi connectivity index (χ0n) is 14.0. The molecule has 0 fully saturated rings. The van der Waals surface area contributed by atoms with E-state index in [0.717, 1.165) is 6.42 Å². The fourth-order valence-corrected chi connectivity index (χ4v) is 3.69. The van der Waals surface area contributed by atoms with Gasteiger partial charge in [0.1, 0.15) is 0 Å². The number of hydrogen-bond acceptors (Lipinski definition) is 3. The number of benzene rings is 1. The van der Waals surface area contributed by atoms with Gasteiger partial charge in [-0.15, -0.1) is 0 Å². The van der Waals surface area contributed by atoms with Crippen LogP contribution in [0.3, 0.4) is 0 Å². The first-order valence-corrected chi connectivity index (χ1v) is 8.70. The van der Waals surface area contributed by atoms with Crippen molar-refractivity contribution < 1.29 is 14.3 Å². The third-order valence-electron chi connectivity index (χ3n) is 4.49. The Balaban J connectivity index is 1.94. The number of likely N-dealkylation sites (N-methyl/N-ethyl adjacent to an activating group) is 1. The Hall–Kier alpha value is -1.76. The Morgan fingerprint density at radius 1 is 1.32 bits per heavy atom. The van der Waals surface area contributed by atoms with E-state index in [0.29, 0.717) is 46.6 Å². The van der Waals surface area contributed by atoms with Crippen molar-refractivity contribution in [2.24, 2.45) is 0 Å². The number of halogens is 2. The summed E-state index contributed by atoms with van der Waals surface area (Å²) < 4.78 is 5.05. The number of nitrogens with one attached hydrogen (secondary N) is 1. The second-order valence-electron chi connectivity index (χ2n) is 6.04. The van der Waals surface area contributed by atoms with Crippen LogP contribution in [0.5, 0.6) is 0 Å². The average Bonchev–Trinajstić information content (AvgIpc) is 2.89. The first-order valence-electron chi connectivity index (χ1n) is 7.94. The molecule has 0 unspecified atom stereocenters. The monoisotopic (exact) mass is 383 g/mol. The highest BCUT2D eigenvalue weighted by Crippen LogP contribution is 2.38. The van der Waals surface area contributed by atoms with Crippen molar-refractivity contribution >= 4 is 35.1 Å². The number of urea groups is 1. The van der Waals surface area contributed by atoms with Gasteiger partial charge in [-0.25, -0.2) is 4.79 Å². The van der Waals surface area contributed by atoms with Crippen LogP contribution < -0.4 is 5.32 Å². The van der Waals surface area contributed by atoms with Gasteiger partial charge in [0.05, 0.1) is 23.9 Å². The molecule has 0 bridgehead atoms. The van der Waals surface area contributed by atoms with Crippen molar-refractivity contribution in [2.75, 3.05) is 33.9 Å². The lowest BCUT2D eigenvalue weighted by Gasteiger charge is -2.31. The molecule has 2 aliphatic rings. The molecule has 3 rings (SSSR count). The quantitative estimate of drug-likeness (QED) is 0.795. The molecule has 0 radical (unpaired) electrons. The van der Waals surface area contributed by atoms with Crippen molar-refractivity contribution in [1.29, 1.82) is 0 Å². The van der Waals surface area contributed by atoms with Crippen LogP contribution in [0.25, 0.3) is 0 Å². The summed E-state index contributed by atoms with van der Waals surface area (Å²) in [6.45, 7) is 1.56. The van der Waals surface area contributed by atoms with Crippen LogP contribution >= 0.6 is 23.2 Å². The van der Waals surface area contributed by atoms with E-state index in [9.17, 15) is 9.59 Å². The number of rotatable bonds is 5. The Morgan fingerprint density at radius 3 is 2.76 bits per heavy atom. The number of carbonyl (C=O) groups excluding carboxylic acids is 2. The zero-order chi connectivity index (χ0) is 18.1. The summed E-state index contributed by atoms with van der Waals surface area (Å²) in [7, 11) is 3.29. The van der Waals surface area contributed by atoms with E-state index in [4.69, 9.17) is 27.9 Å². The smallest absolute Gasteiger partial charge is 0.322 e. The zero-order valence-corrected chi connectivity index (χ0v) is 15.5. The first-order chi connectivity index (χ1) is 11.9. The van der Waals surface area contributed by atoms with Crippen LogP contribution in [0.1, 0.15) is 18.0 Å². The Bertz CT molecular complexity index is 751. The number of ether oxygens (including phenoxy) is 1. The highest BCUT2D eigenvalue weighted by atomic mass is 35.5. The Morgan fingerprint density at radius 2 is 2.08 bits per heavy atom. The van der Waals surface area contributed by atoms with Crippen LogP contribution in [0.4, 0.5) is 4.79 Å². The standard InChI is InChI=1S/C17H19Cl2N3O3/c1-21-13-9-22(6-3-7-25-2)16(23)14(13)15(20-17(21)24)11-5-4-10(18)8-12(11)19/h4-5,8,15H,3,6-7,9H2,1-2H3,(H,20,24)/t15-/m0/s1. The van der Waals surface area contributed by atoms with Gasteiger partial charge >= 0.3 is 6.03 Å². The lowest BCUT2D eigenvalue weighted by Crippen LogP contribution is -2.45. The normalized spacial score (nSPS) is 20.2. The van der Waals surface area contributed by atoms with Crippen molar-refractivity contribution in [1.82, 2.24) is 15.1 Å². The van der Waals surface area contributed by atoms with Crippen molar-refractivity contribution in [3.63, 3.8) is 0 Å². The molecule has 1 aromatic rings. The predicted octanol–water partition coefficient (Wildman–Crippen LogP) is 2.82. The van der Waals surface area contributed by atoms with Crippen molar-refractivity contribution in [3.8, 4) is 0 Å². The van der Waals surface area contributed by atoms with E-state index >= 15 is 0 Å². The molecule has 6 nitrogen and oxygen atoms in total. The summed E-state index contributed by atoms with van der Waals surface area (Å²) in [6, 6.07) is 4.21. The summed E-state index contributed by atoms with van der Waals surface area (Å²) in [6.07, 6.45) is 0.736.